The number of esters is 1. The van der Waals surface area contributed by atoms with Gasteiger partial charge in [0.2, 0.25) is 0 Å². The molecule has 7 heteroatoms. The molecule has 0 aliphatic heterocycles. The molecule has 0 saturated heterocycles. The van der Waals surface area contributed by atoms with Crippen LogP contribution < -0.4 is 4.74 Å². The van der Waals surface area contributed by atoms with Gasteiger partial charge in [-0.15, -0.1) is 0 Å². The number of carbonyl (C=O) groups excluding carboxylic acids is 3. The van der Waals surface area contributed by atoms with Gasteiger partial charge in [-0.2, -0.15) is 0 Å². The molecular formula is C22H28N2O5. The molecule has 1 aromatic heterocycles. The summed E-state index contributed by atoms with van der Waals surface area (Å²) in [5, 5.41) is 0. The Bertz CT molecular complexity index is 928. The molecule has 1 unspecified atom stereocenters. The number of hydrogen-bond donors (Lipinski definition) is 0. The van der Waals surface area contributed by atoms with Crippen molar-refractivity contribution in [1.82, 2.24) is 9.47 Å². The highest BCUT2D eigenvalue weighted by Gasteiger charge is 2.31. The molecule has 1 aromatic carbocycles. The first-order valence-corrected chi connectivity index (χ1v) is 9.44. The van der Waals surface area contributed by atoms with Crippen molar-refractivity contribution in [2.24, 2.45) is 7.05 Å². The van der Waals surface area contributed by atoms with Crippen molar-refractivity contribution in [3.05, 3.63) is 52.3 Å². The van der Waals surface area contributed by atoms with Crippen LogP contribution in [-0.2, 0) is 11.8 Å². The summed E-state index contributed by atoms with van der Waals surface area (Å²) in [6.45, 7) is 7.17. The highest BCUT2D eigenvalue weighted by molar-refractivity contribution is 6.07. The smallest absolute Gasteiger partial charge is 0.355 e. The first-order chi connectivity index (χ1) is 13.6. The second kappa shape index (κ2) is 8.94. The number of rotatable bonds is 7. The number of ether oxygens (including phenoxy) is 2. The maximum atomic E-state index is 13.2. The zero-order valence-corrected chi connectivity index (χ0v) is 18.0. The fourth-order valence-electron chi connectivity index (χ4n) is 3.33. The van der Waals surface area contributed by atoms with Crippen LogP contribution in [0.2, 0.25) is 0 Å². The third kappa shape index (κ3) is 4.18. The molecule has 0 radical (unpaired) electrons. The van der Waals surface area contributed by atoms with E-state index in [1.165, 1.54) is 4.90 Å². The zero-order valence-electron chi connectivity index (χ0n) is 18.0. The molecule has 0 N–H and O–H groups in total. The Balaban J connectivity index is 2.32. The van der Waals surface area contributed by atoms with Crippen molar-refractivity contribution in [1.29, 1.82) is 0 Å². The average molecular weight is 400 g/mol. The van der Waals surface area contributed by atoms with E-state index in [1.54, 1.807) is 77.7 Å². The maximum absolute atomic E-state index is 13.2. The van der Waals surface area contributed by atoms with Crippen LogP contribution in [0.5, 0.6) is 5.75 Å². The molecule has 29 heavy (non-hydrogen) atoms. The van der Waals surface area contributed by atoms with E-state index in [0.29, 0.717) is 33.8 Å². The lowest BCUT2D eigenvalue weighted by Crippen LogP contribution is -2.40. The Morgan fingerprint density at radius 1 is 1.14 bits per heavy atom. The lowest BCUT2D eigenvalue weighted by molar-refractivity contribution is 0.0514. The molecule has 2 rings (SSSR count). The van der Waals surface area contributed by atoms with Gasteiger partial charge in [0.05, 0.1) is 19.8 Å². The van der Waals surface area contributed by atoms with Crippen molar-refractivity contribution in [3.8, 4) is 5.75 Å². The van der Waals surface area contributed by atoms with Crippen LogP contribution in [0.3, 0.4) is 0 Å². The van der Waals surface area contributed by atoms with E-state index in [-0.39, 0.29) is 18.3 Å². The predicted octanol–water partition coefficient (Wildman–Crippen LogP) is 3.17. The molecule has 0 spiro atoms. The molecule has 0 fully saturated rings. The number of hydrogen-bond acceptors (Lipinski definition) is 5. The van der Waals surface area contributed by atoms with Gasteiger partial charge in [-0.1, -0.05) is 0 Å². The fraction of sp³-hybridized carbons (Fsp3) is 0.409. The van der Waals surface area contributed by atoms with Gasteiger partial charge in [0.15, 0.2) is 5.78 Å². The molecule has 1 heterocycles. The molecule has 0 aliphatic rings. The van der Waals surface area contributed by atoms with E-state index in [0.717, 1.165) is 0 Å². The Hall–Kier alpha value is -3.09. The number of methoxy groups -OCH3 is 1. The number of Topliss-reactive ketones (excluding diaryl/α,β-unsaturated/α-hetero) is 1. The van der Waals surface area contributed by atoms with Crippen molar-refractivity contribution >= 4 is 17.7 Å². The monoisotopic (exact) mass is 400 g/mol. The first-order valence-electron chi connectivity index (χ1n) is 9.44. The van der Waals surface area contributed by atoms with Crippen LogP contribution >= 0.6 is 0 Å². The Labute approximate surface area is 171 Å². The minimum Gasteiger partial charge on any atom is -0.497 e. The number of amides is 1. The minimum absolute atomic E-state index is 0.226. The summed E-state index contributed by atoms with van der Waals surface area (Å²) in [4.78, 5) is 39.7. The number of aromatic nitrogens is 1. The van der Waals surface area contributed by atoms with E-state index in [9.17, 15) is 14.4 Å². The second-order valence-electron chi connectivity index (χ2n) is 6.90. The van der Waals surface area contributed by atoms with Gasteiger partial charge in [-0.25, -0.2) is 4.79 Å². The van der Waals surface area contributed by atoms with E-state index in [4.69, 9.17) is 9.47 Å². The average Bonchev–Trinajstić information content (AvgIpc) is 2.94. The molecule has 1 atom stereocenters. The molecule has 156 valence electrons. The minimum atomic E-state index is -0.709. The predicted molar refractivity (Wildman–Crippen MR) is 110 cm³/mol. The van der Waals surface area contributed by atoms with Gasteiger partial charge in [-0.05, 0) is 57.5 Å². The molecule has 2 aromatic rings. The van der Waals surface area contributed by atoms with Crippen LogP contribution in [0, 0.1) is 13.8 Å². The van der Waals surface area contributed by atoms with Crippen molar-refractivity contribution < 1.29 is 23.9 Å². The lowest BCUT2D eigenvalue weighted by atomic mass is 9.99. The van der Waals surface area contributed by atoms with Crippen LogP contribution in [-0.4, -0.2) is 53.9 Å². The SMILES string of the molecule is CCOC(=O)c1c(C)c(C(=O)C(C)N(C)C(=O)c2ccc(OC)cc2)c(C)n1C. The number of nitrogens with zero attached hydrogens (tertiary/aromatic N) is 2. The quantitative estimate of drug-likeness (QED) is 0.527. The highest BCUT2D eigenvalue weighted by atomic mass is 16.5. The Morgan fingerprint density at radius 3 is 2.24 bits per heavy atom. The number of benzene rings is 1. The van der Waals surface area contributed by atoms with Gasteiger partial charge in [0.25, 0.3) is 5.91 Å². The largest absolute Gasteiger partial charge is 0.497 e. The van der Waals surface area contributed by atoms with Gasteiger partial charge in [0.1, 0.15) is 11.4 Å². The summed E-state index contributed by atoms with van der Waals surface area (Å²) in [6, 6.07) is 6.01. The summed E-state index contributed by atoms with van der Waals surface area (Å²) in [5.74, 6) is -0.318. The molecule has 0 saturated carbocycles. The summed E-state index contributed by atoms with van der Waals surface area (Å²) in [7, 11) is 4.87. The van der Waals surface area contributed by atoms with Crippen LogP contribution in [0.4, 0.5) is 0 Å². The van der Waals surface area contributed by atoms with E-state index >= 15 is 0 Å². The molecule has 0 bridgehead atoms. The molecule has 7 nitrogen and oxygen atoms in total. The van der Waals surface area contributed by atoms with E-state index < -0.39 is 12.0 Å². The van der Waals surface area contributed by atoms with Crippen LogP contribution in [0.25, 0.3) is 0 Å². The highest BCUT2D eigenvalue weighted by Crippen LogP contribution is 2.25. The van der Waals surface area contributed by atoms with Crippen molar-refractivity contribution in [3.63, 3.8) is 0 Å². The fourth-order valence-corrected chi connectivity index (χ4v) is 3.33. The summed E-state index contributed by atoms with van der Waals surface area (Å²) in [6.07, 6.45) is 0. The normalized spacial score (nSPS) is 11.7. The zero-order chi connectivity index (χ0) is 21.9. The number of ketones is 1. The van der Waals surface area contributed by atoms with Crippen LogP contribution in [0.15, 0.2) is 24.3 Å². The molecule has 1 amide bonds. The third-order valence-electron chi connectivity index (χ3n) is 5.26. The Kier molecular flexibility index (Phi) is 6.84. The van der Waals surface area contributed by atoms with Gasteiger partial charge in [-0.3, -0.25) is 9.59 Å². The van der Waals surface area contributed by atoms with Crippen molar-refractivity contribution in [2.75, 3.05) is 20.8 Å². The molecular weight excluding hydrogens is 372 g/mol. The van der Waals surface area contributed by atoms with Crippen molar-refractivity contribution in [2.45, 2.75) is 33.7 Å². The summed E-state index contributed by atoms with van der Waals surface area (Å²) < 4.78 is 11.9. The van der Waals surface area contributed by atoms with Crippen LogP contribution in [0.1, 0.15) is 56.3 Å². The van der Waals surface area contributed by atoms with Gasteiger partial charge >= 0.3 is 5.97 Å². The maximum Gasteiger partial charge on any atom is 0.355 e. The first kappa shape index (κ1) is 22.2. The summed E-state index contributed by atoms with van der Waals surface area (Å²) >= 11 is 0. The number of likely N-dealkylation sites (N-methyl/N-ethyl adjacent to an activating group) is 1. The summed E-state index contributed by atoms with van der Waals surface area (Å²) in [5.41, 5.74) is 2.47. The van der Waals surface area contributed by atoms with E-state index in [1.807, 2.05) is 0 Å². The number of carbonyl (C=O) groups is 3. The Morgan fingerprint density at radius 2 is 1.72 bits per heavy atom. The lowest BCUT2D eigenvalue weighted by Gasteiger charge is -2.24. The second-order valence-corrected chi connectivity index (χ2v) is 6.90. The van der Waals surface area contributed by atoms with E-state index in [2.05, 4.69) is 0 Å². The molecule has 0 aliphatic carbocycles. The third-order valence-corrected chi connectivity index (χ3v) is 5.26. The topological polar surface area (TPSA) is 77.8 Å². The standard InChI is InChI=1S/C22H28N2O5/c1-8-29-22(27)19-13(2)18(14(3)23(19)5)20(25)15(4)24(6)21(26)16-9-11-17(28-7)12-10-16/h9-12,15H,8H2,1-7H3. The van der Waals surface area contributed by atoms with Gasteiger partial charge < -0.3 is 18.9 Å². The van der Waals surface area contributed by atoms with Gasteiger partial charge in [0, 0.05) is 30.9 Å².